The van der Waals surface area contributed by atoms with Gasteiger partial charge in [0.15, 0.2) is 0 Å². The number of aromatic carboxylic acids is 1. The summed E-state index contributed by atoms with van der Waals surface area (Å²) >= 11 is 0. The van der Waals surface area contributed by atoms with Gasteiger partial charge in [0.1, 0.15) is 0 Å². The number of carboxylic acids is 1. The first-order valence-corrected chi connectivity index (χ1v) is 7.66. The van der Waals surface area contributed by atoms with Crippen LogP contribution in [0.5, 0.6) is 0 Å². The second kappa shape index (κ2) is 7.25. The van der Waals surface area contributed by atoms with Gasteiger partial charge in [0, 0.05) is 12.5 Å². The summed E-state index contributed by atoms with van der Waals surface area (Å²) in [5.41, 5.74) is 1.26. The van der Waals surface area contributed by atoms with E-state index in [1.165, 1.54) is 19.3 Å². The molecule has 1 fully saturated rings. The summed E-state index contributed by atoms with van der Waals surface area (Å²) in [6, 6.07) is 6.94. The van der Waals surface area contributed by atoms with Crippen LogP contribution in [0, 0.1) is 5.92 Å². The summed E-state index contributed by atoms with van der Waals surface area (Å²) < 4.78 is 0. The number of rotatable bonds is 8. The van der Waals surface area contributed by atoms with Crippen molar-refractivity contribution >= 4 is 11.9 Å². The molecule has 1 saturated carbocycles. The third kappa shape index (κ3) is 5.58. The van der Waals surface area contributed by atoms with E-state index in [-0.39, 0.29) is 17.5 Å². The summed E-state index contributed by atoms with van der Waals surface area (Å²) in [6.45, 7) is 2.06. The molecule has 4 nitrogen and oxygen atoms in total. The van der Waals surface area contributed by atoms with Gasteiger partial charge in [-0.15, -0.1) is 0 Å². The Balaban J connectivity index is 1.68. The lowest BCUT2D eigenvalue weighted by atomic mass is 10.1. The lowest BCUT2D eigenvalue weighted by Gasteiger charge is -2.13. The van der Waals surface area contributed by atoms with Crippen LogP contribution in [0.1, 0.15) is 54.9 Å². The number of amides is 1. The average Bonchev–Trinajstić information content (AvgIpc) is 3.27. The Hall–Kier alpha value is -1.84. The monoisotopic (exact) mass is 289 g/mol. The minimum absolute atomic E-state index is 0.0700. The third-order valence-electron chi connectivity index (χ3n) is 3.95. The van der Waals surface area contributed by atoms with Crippen LogP contribution in [-0.2, 0) is 11.2 Å². The summed E-state index contributed by atoms with van der Waals surface area (Å²) in [4.78, 5) is 22.6. The predicted octanol–water partition coefficient (Wildman–Crippen LogP) is 3.01. The van der Waals surface area contributed by atoms with Crippen molar-refractivity contribution in [3.8, 4) is 0 Å². The zero-order valence-electron chi connectivity index (χ0n) is 12.5. The molecule has 1 aromatic carbocycles. The summed E-state index contributed by atoms with van der Waals surface area (Å²) in [5, 5.41) is 11.9. The summed E-state index contributed by atoms with van der Waals surface area (Å²) in [7, 11) is 0. The number of hydrogen-bond donors (Lipinski definition) is 2. The van der Waals surface area contributed by atoms with E-state index in [0.29, 0.717) is 12.8 Å². The van der Waals surface area contributed by atoms with Crippen molar-refractivity contribution in [3.05, 3.63) is 35.4 Å². The summed E-state index contributed by atoms with van der Waals surface area (Å²) in [5.74, 6) is 0.0430. The maximum absolute atomic E-state index is 11.9. The smallest absolute Gasteiger partial charge is 0.335 e. The van der Waals surface area contributed by atoms with Crippen molar-refractivity contribution in [1.29, 1.82) is 0 Å². The van der Waals surface area contributed by atoms with Gasteiger partial charge < -0.3 is 10.4 Å². The Kier molecular flexibility index (Phi) is 5.37. The highest BCUT2D eigenvalue weighted by Crippen LogP contribution is 2.33. The Morgan fingerprint density at radius 2 is 1.95 bits per heavy atom. The van der Waals surface area contributed by atoms with E-state index in [9.17, 15) is 9.59 Å². The molecular weight excluding hydrogens is 266 g/mol. The molecule has 0 spiro atoms. The Bertz CT molecular complexity index is 491. The first-order chi connectivity index (χ1) is 10.0. The molecule has 0 radical (unpaired) electrons. The number of aryl methyl sites for hydroxylation is 1. The van der Waals surface area contributed by atoms with Crippen molar-refractivity contribution in [1.82, 2.24) is 5.32 Å². The number of carbonyl (C=O) groups is 2. The van der Waals surface area contributed by atoms with Gasteiger partial charge >= 0.3 is 5.97 Å². The number of hydrogen-bond acceptors (Lipinski definition) is 2. The first-order valence-electron chi connectivity index (χ1n) is 7.66. The summed E-state index contributed by atoms with van der Waals surface area (Å²) in [6.07, 6.45) is 6.07. The minimum Gasteiger partial charge on any atom is -0.478 e. The van der Waals surface area contributed by atoms with E-state index < -0.39 is 5.97 Å². The van der Waals surface area contributed by atoms with Crippen LogP contribution in [-0.4, -0.2) is 23.0 Å². The molecule has 1 atom stereocenters. The molecule has 21 heavy (non-hydrogen) atoms. The maximum Gasteiger partial charge on any atom is 0.335 e. The van der Waals surface area contributed by atoms with E-state index >= 15 is 0 Å². The standard InChI is InChI=1S/C17H23NO3/c1-12(2-3-13-4-5-13)18-16(19)11-8-14-6-9-15(10-7-14)17(20)21/h6-7,9-10,12-13H,2-5,8,11H2,1H3,(H,18,19)(H,20,21). The minimum atomic E-state index is -0.927. The largest absolute Gasteiger partial charge is 0.478 e. The lowest BCUT2D eigenvalue weighted by molar-refractivity contribution is -0.121. The second-order valence-corrected chi connectivity index (χ2v) is 5.99. The van der Waals surface area contributed by atoms with Crippen LogP contribution in [0.25, 0.3) is 0 Å². The number of carbonyl (C=O) groups excluding carboxylic acids is 1. The van der Waals surface area contributed by atoms with Crippen molar-refractivity contribution in [2.24, 2.45) is 5.92 Å². The Labute approximate surface area is 125 Å². The van der Waals surface area contributed by atoms with Gasteiger partial charge in [0.05, 0.1) is 5.56 Å². The van der Waals surface area contributed by atoms with Crippen LogP contribution in [0.15, 0.2) is 24.3 Å². The third-order valence-corrected chi connectivity index (χ3v) is 3.95. The second-order valence-electron chi connectivity index (χ2n) is 5.99. The zero-order valence-corrected chi connectivity index (χ0v) is 12.5. The van der Waals surface area contributed by atoms with E-state index in [0.717, 1.165) is 17.9 Å². The molecule has 2 N–H and O–H groups in total. The van der Waals surface area contributed by atoms with E-state index in [2.05, 4.69) is 12.2 Å². The highest BCUT2D eigenvalue weighted by molar-refractivity contribution is 5.87. The SMILES string of the molecule is CC(CCC1CC1)NC(=O)CCc1ccc(C(=O)O)cc1. The van der Waals surface area contributed by atoms with Gasteiger partial charge in [-0.3, -0.25) is 4.79 Å². The van der Waals surface area contributed by atoms with E-state index in [4.69, 9.17) is 5.11 Å². The normalized spacial score (nSPS) is 15.5. The maximum atomic E-state index is 11.9. The van der Waals surface area contributed by atoms with Crippen LogP contribution in [0.2, 0.25) is 0 Å². The molecule has 0 aliphatic heterocycles. The number of nitrogens with one attached hydrogen (secondary N) is 1. The Morgan fingerprint density at radius 1 is 1.29 bits per heavy atom. The topological polar surface area (TPSA) is 66.4 Å². The van der Waals surface area contributed by atoms with Crippen LogP contribution in [0.3, 0.4) is 0 Å². The predicted molar refractivity (Wildman–Crippen MR) is 81.3 cm³/mol. The molecule has 1 aromatic rings. The van der Waals surface area contributed by atoms with Gasteiger partial charge in [-0.05, 0) is 49.8 Å². The van der Waals surface area contributed by atoms with Crippen molar-refractivity contribution in [3.63, 3.8) is 0 Å². The van der Waals surface area contributed by atoms with Crippen molar-refractivity contribution < 1.29 is 14.7 Å². The first kappa shape index (κ1) is 15.5. The molecule has 1 amide bonds. The molecule has 0 saturated heterocycles. The molecular formula is C17H23NO3. The molecule has 2 rings (SSSR count). The molecule has 1 aliphatic rings. The van der Waals surface area contributed by atoms with Crippen LogP contribution in [0.4, 0.5) is 0 Å². The molecule has 114 valence electrons. The van der Waals surface area contributed by atoms with Gasteiger partial charge in [0.2, 0.25) is 5.91 Å². The molecule has 4 heteroatoms. The quantitative estimate of drug-likeness (QED) is 0.773. The van der Waals surface area contributed by atoms with Crippen LogP contribution < -0.4 is 5.32 Å². The molecule has 1 aliphatic carbocycles. The fourth-order valence-electron chi connectivity index (χ4n) is 2.38. The lowest BCUT2D eigenvalue weighted by Crippen LogP contribution is -2.32. The number of carboxylic acid groups (broad SMARTS) is 1. The molecule has 1 unspecified atom stereocenters. The van der Waals surface area contributed by atoms with Gasteiger partial charge in [-0.25, -0.2) is 4.79 Å². The average molecular weight is 289 g/mol. The van der Waals surface area contributed by atoms with E-state index in [1.54, 1.807) is 24.3 Å². The van der Waals surface area contributed by atoms with Gasteiger partial charge in [0.25, 0.3) is 0 Å². The van der Waals surface area contributed by atoms with Crippen LogP contribution >= 0.6 is 0 Å². The Morgan fingerprint density at radius 3 is 2.52 bits per heavy atom. The van der Waals surface area contributed by atoms with E-state index in [1.807, 2.05) is 0 Å². The van der Waals surface area contributed by atoms with Gasteiger partial charge in [-0.2, -0.15) is 0 Å². The zero-order chi connectivity index (χ0) is 15.2. The fourth-order valence-corrected chi connectivity index (χ4v) is 2.38. The van der Waals surface area contributed by atoms with Crippen molar-refractivity contribution in [2.45, 2.75) is 51.5 Å². The van der Waals surface area contributed by atoms with Gasteiger partial charge in [-0.1, -0.05) is 25.0 Å². The molecule has 0 heterocycles. The fraction of sp³-hybridized carbons (Fsp3) is 0.529. The number of benzene rings is 1. The highest BCUT2D eigenvalue weighted by Gasteiger charge is 2.21. The molecule has 0 aromatic heterocycles. The molecule has 0 bridgehead atoms. The highest BCUT2D eigenvalue weighted by atomic mass is 16.4. The van der Waals surface area contributed by atoms with Crippen molar-refractivity contribution in [2.75, 3.05) is 0 Å².